The molecule has 2 heterocycles. The molecule has 1 N–H and O–H groups in total. The van der Waals surface area contributed by atoms with Crippen LogP contribution in [0.1, 0.15) is 64.5 Å². The lowest BCUT2D eigenvalue weighted by atomic mass is 9.95. The Balaban J connectivity index is 1.31. The van der Waals surface area contributed by atoms with Crippen LogP contribution in [0.4, 0.5) is 0 Å². The van der Waals surface area contributed by atoms with Crippen LogP contribution < -0.4 is 5.32 Å². The monoisotopic (exact) mass is 425 g/mol. The highest BCUT2D eigenvalue weighted by atomic mass is 16.2. The minimum absolute atomic E-state index is 0.0775. The van der Waals surface area contributed by atoms with Crippen molar-refractivity contribution in [1.82, 2.24) is 15.1 Å². The number of likely N-dealkylation sites (tertiary alicyclic amines) is 2. The van der Waals surface area contributed by atoms with E-state index in [4.69, 9.17) is 0 Å². The summed E-state index contributed by atoms with van der Waals surface area (Å²) in [6, 6.07) is 10.5. The molecule has 1 aromatic rings. The van der Waals surface area contributed by atoms with Crippen LogP contribution in [0.5, 0.6) is 0 Å². The first kappa shape index (κ1) is 22.3. The summed E-state index contributed by atoms with van der Waals surface area (Å²) in [4.78, 5) is 30.1. The number of amides is 2. The minimum atomic E-state index is -0.293. The predicted octanol–water partition coefficient (Wildman–Crippen LogP) is 3.86. The van der Waals surface area contributed by atoms with Gasteiger partial charge < -0.3 is 15.1 Å². The molecule has 1 saturated carbocycles. The fraction of sp³-hybridized carbons (Fsp3) is 0.692. The third kappa shape index (κ3) is 5.31. The van der Waals surface area contributed by atoms with Gasteiger partial charge in [0.25, 0.3) is 0 Å². The van der Waals surface area contributed by atoms with E-state index in [1.54, 1.807) is 0 Å². The Morgan fingerprint density at radius 3 is 2.19 bits per heavy atom. The van der Waals surface area contributed by atoms with Gasteiger partial charge in [-0.1, -0.05) is 63.9 Å². The van der Waals surface area contributed by atoms with Gasteiger partial charge in [0, 0.05) is 44.1 Å². The van der Waals surface area contributed by atoms with Gasteiger partial charge in [-0.05, 0) is 36.7 Å². The zero-order valence-corrected chi connectivity index (χ0v) is 19.5. The zero-order valence-electron chi connectivity index (χ0n) is 19.5. The molecule has 2 unspecified atom stereocenters. The number of rotatable bonds is 6. The normalized spacial score (nSPS) is 25.6. The van der Waals surface area contributed by atoms with Crippen molar-refractivity contribution in [2.75, 3.05) is 32.7 Å². The molecule has 3 atom stereocenters. The molecule has 170 valence electrons. The standard InChI is InChI=1S/C26H39N3O2/c1-26(2,3)25(31)29-17-21-15-28(16-22(21)18-29)14-13-23(19-9-5-4-6-10-19)27-24(30)20-11-7-8-12-20/h4-6,9-10,20-23H,7-8,11-18H2,1-3H3,(H,27,30)/t21?,22?,23-/m0/s1. The Morgan fingerprint density at radius 1 is 1.00 bits per heavy atom. The summed E-state index contributed by atoms with van der Waals surface area (Å²) in [5.41, 5.74) is 0.911. The summed E-state index contributed by atoms with van der Waals surface area (Å²) in [6.07, 6.45) is 5.37. The van der Waals surface area contributed by atoms with Crippen molar-refractivity contribution in [3.05, 3.63) is 35.9 Å². The Labute approximate surface area is 187 Å². The van der Waals surface area contributed by atoms with Gasteiger partial charge >= 0.3 is 0 Å². The minimum Gasteiger partial charge on any atom is -0.349 e. The van der Waals surface area contributed by atoms with Crippen LogP contribution >= 0.6 is 0 Å². The molecular formula is C26H39N3O2. The van der Waals surface area contributed by atoms with Crippen LogP contribution in [0.25, 0.3) is 0 Å². The van der Waals surface area contributed by atoms with Crippen molar-refractivity contribution in [2.45, 2.75) is 58.9 Å². The summed E-state index contributed by atoms with van der Waals surface area (Å²) in [5, 5.41) is 3.37. The molecule has 0 spiro atoms. The van der Waals surface area contributed by atoms with Crippen molar-refractivity contribution in [3.63, 3.8) is 0 Å². The number of fused-ring (bicyclic) bond motifs is 1. The first-order valence-corrected chi connectivity index (χ1v) is 12.2. The third-order valence-electron chi connectivity index (χ3n) is 7.47. The highest BCUT2D eigenvalue weighted by Crippen LogP contribution is 2.34. The number of nitrogens with one attached hydrogen (secondary N) is 1. The second-order valence-electron chi connectivity index (χ2n) is 11.0. The van der Waals surface area contributed by atoms with Crippen molar-refractivity contribution in [2.24, 2.45) is 23.2 Å². The fourth-order valence-electron chi connectivity index (χ4n) is 5.71. The van der Waals surface area contributed by atoms with Gasteiger partial charge in [0.2, 0.25) is 11.8 Å². The first-order valence-electron chi connectivity index (χ1n) is 12.2. The highest BCUT2D eigenvalue weighted by molar-refractivity contribution is 5.82. The van der Waals surface area contributed by atoms with Gasteiger partial charge in [-0.15, -0.1) is 0 Å². The molecule has 1 aromatic carbocycles. The van der Waals surface area contributed by atoms with Crippen LogP contribution in [0, 0.1) is 23.2 Å². The summed E-state index contributed by atoms with van der Waals surface area (Å²) >= 11 is 0. The molecule has 4 rings (SSSR count). The van der Waals surface area contributed by atoms with E-state index in [1.165, 1.54) is 18.4 Å². The van der Waals surface area contributed by atoms with Crippen molar-refractivity contribution in [1.29, 1.82) is 0 Å². The molecule has 2 aliphatic heterocycles. The van der Waals surface area contributed by atoms with Crippen LogP contribution in [0.3, 0.4) is 0 Å². The molecule has 5 heteroatoms. The Kier molecular flexibility index (Phi) is 6.71. The zero-order chi connectivity index (χ0) is 22.0. The van der Waals surface area contributed by atoms with Crippen LogP contribution in [-0.4, -0.2) is 54.3 Å². The molecule has 31 heavy (non-hydrogen) atoms. The number of carbonyl (C=O) groups is 2. The van der Waals surface area contributed by atoms with Crippen LogP contribution in [0.15, 0.2) is 30.3 Å². The van der Waals surface area contributed by atoms with E-state index in [2.05, 4.69) is 39.4 Å². The third-order valence-corrected chi connectivity index (χ3v) is 7.47. The van der Waals surface area contributed by atoms with Gasteiger partial charge in [-0.25, -0.2) is 0 Å². The maximum absolute atomic E-state index is 12.8. The maximum atomic E-state index is 12.8. The number of nitrogens with zero attached hydrogens (tertiary/aromatic N) is 2. The highest BCUT2D eigenvalue weighted by Gasteiger charge is 2.43. The van der Waals surface area contributed by atoms with Crippen molar-refractivity contribution >= 4 is 11.8 Å². The van der Waals surface area contributed by atoms with Gasteiger partial charge in [0.05, 0.1) is 6.04 Å². The molecule has 3 aliphatic rings. The van der Waals surface area contributed by atoms with Gasteiger partial charge in [0.15, 0.2) is 0 Å². The number of carbonyl (C=O) groups excluding carboxylic acids is 2. The molecule has 0 aromatic heterocycles. The van der Waals surface area contributed by atoms with Gasteiger partial charge in [0.1, 0.15) is 0 Å². The molecule has 1 aliphatic carbocycles. The number of hydrogen-bond acceptors (Lipinski definition) is 3. The Bertz CT molecular complexity index is 753. The molecule has 5 nitrogen and oxygen atoms in total. The maximum Gasteiger partial charge on any atom is 0.227 e. The smallest absolute Gasteiger partial charge is 0.227 e. The summed E-state index contributed by atoms with van der Waals surface area (Å²) in [7, 11) is 0. The molecule has 2 saturated heterocycles. The lowest BCUT2D eigenvalue weighted by Crippen LogP contribution is -2.40. The average molecular weight is 426 g/mol. The van der Waals surface area contributed by atoms with Crippen LogP contribution in [-0.2, 0) is 9.59 Å². The summed E-state index contributed by atoms with van der Waals surface area (Å²) in [5.74, 6) is 1.90. The molecular weight excluding hydrogens is 386 g/mol. The Morgan fingerprint density at radius 2 is 1.61 bits per heavy atom. The second-order valence-corrected chi connectivity index (χ2v) is 11.0. The van der Waals surface area contributed by atoms with E-state index in [-0.39, 0.29) is 29.2 Å². The summed E-state index contributed by atoms with van der Waals surface area (Å²) in [6.45, 7) is 11.0. The van der Waals surface area contributed by atoms with E-state index >= 15 is 0 Å². The topological polar surface area (TPSA) is 52.7 Å². The largest absolute Gasteiger partial charge is 0.349 e. The predicted molar refractivity (Wildman–Crippen MR) is 123 cm³/mol. The van der Waals surface area contributed by atoms with E-state index in [9.17, 15) is 9.59 Å². The second kappa shape index (κ2) is 9.32. The van der Waals surface area contributed by atoms with Gasteiger partial charge in [-0.3, -0.25) is 9.59 Å². The van der Waals surface area contributed by atoms with Crippen molar-refractivity contribution in [3.8, 4) is 0 Å². The van der Waals surface area contributed by atoms with E-state index < -0.39 is 0 Å². The molecule has 0 bridgehead atoms. The van der Waals surface area contributed by atoms with E-state index in [0.717, 1.165) is 52.0 Å². The number of benzene rings is 1. The molecule has 0 radical (unpaired) electrons. The molecule has 3 fully saturated rings. The van der Waals surface area contributed by atoms with E-state index in [1.807, 2.05) is 26.8 Å². The Hall–Kier alpha value is -1.88. The summed E-state index contributed by atoms with van der Waals surface area (Å²) < 4.78 is 0. The lowest BCUT2D eigenvalue weighted by Gasteiger charge is -2.28. The lowest BCUT2D eigenvalue weighted by molar-refractivity contribution is -0.138. The number of hydrogen-bond donors (Lipinski definition) is 1. The first-order chi connectivity index (χ1) is 14.8. The SMILES string of the molecule is CC(C)(C)C(=O)N1CC2CN(CC[C@H](NC(=O)C3CCCC3)c3ccccc3)CC2C1. The molecule has 2 amide bonds. The van der Waals surface area contributed by atoms with Crippen molar-refractivity contribution < 1.29 is 9.59 Å². The van der Waals surface area contributed by atoms with E-state index in [0.29, 0.717) is 11.8 Å². The quantitative estimate of drug-likeness (QED) is 0.753. The van der Waals surface area contributed by atoms with Crippen LogP contribution in [0.2, 0.25) is 0 Å². The van der Waals surface area contributed by atoms with Gasteiger partial charge in [-0.2, -0.15) is 0 Å². The fourth-order valence-corrected chi connectivity index (χ4v) is 5.71. The average Bonchev–Trinajstić information content (AvgIpc) is 3.46.